The number of aromatic hydroxyl groups is 1. The topological polar surface area (TPSA) is 59.0 Å². The SMILES string of the molecule is CCOC(=O)N1CCC2(c3c(O)c(OC)cc(C)c3CC)CCC(C)CC2C1C. The van der Waals surface area contributed by atoms with Crippen LogP contribution >= 0.6 is 0 Å². The van der Waals surface area contributed by atoms with Crippen LogP contribution in [0.15, 0.2) is 6.07 Å². The molecule has 1 aliphatic carbocycles. The third-order valence-corrected chi connectivity index (χ3v) is 7.49. The van der Waals surface area contributed by atoms with Crippen molar-refractivity contribution in [3.63, 3.8) is 0 Å². The summed E-state index contributed by atoms with van der Waals surface area (Å²) in [6, 6.07) is 2.02. The van der Waals surface area contributed by atoms with E-state index in [4.69, 9.17) is 9.47 Å². The molecule has 1 amide bonds. The minimum absolute atomic E-state index is 0.0705. The lowest BCUT2D eigenvalue weighted by atomic mass is 9.54. The Balaban J connectivity index is 2.14. The van der Waals surface area contributed by atoms with Crippen LogP contribution in [0.4, 0.5) is 4.79 Å². The van der Waals surface area contributed by atoms with E-state index in [9.17, 15) is 9.90 Å². The molecule has 5 nitrogen and oxygen atoms in total. The number of hydrogen-bond donors (Lipinski definition) is 1. The Kier molecular flexibility index (Phi) is 6.35. The maximum Gasteiger partial charge on any atom is 0.409 e. The molecule has 1 aromatic carbocycles. The average Bonchev–Trinajstić information content (AvgIpc) is 2.70. The van der Waals surface area contributed by atoms with E-state index >= 15 is 0 Å². The molecule has 2 fully saturated rings. The second kappa shape index (κ2) is 8.45. The molecule has 4 unspecified atom stereocenters. The van der Waals surface area contributed by atoms with Crippen molar-refractivity contribution in [3.05, 3.63) is 22.8 Å². The van der Waals surface area contributed by atoms with Gasteiger partial charge in [-0.1, -0.05) is 13.8 Å². The molecule has 1 saturated carbocycles. The van der Waals surface area contributed by atoms with Gasteiger partial charge in [0.05, 0.1) is 13.7 Å². The van der Waals surface area contributed by atoms with Gasteiger partial charge in [-0.3, -0.25) is 0 Å². The number of hydrogen-bond acceptors (Lipinski definition) is 4. The Hall–Kier alpha value is -1.91. The molecule has 5 heteroatoms. The third kappa shape index (κ3) is 3.57. The highest BCUT2D eigenvalue weighted by Crippen LogP contribution is 2.57. The number of phenols is 1. The molecule has 1 N–H and O–H groups in total. The summed E-state index contributed by atoms with van der Waals surface area (Å²) >= 11 is 0. The molecule has 1 saturated heterocycles. The van der Waals surface area contributed by atoms with Crippen LogP contribution in [0.2, 0.25) is 0 Å². The Labute approximate surface area is 175 Å². The van der Waals surface area contributed by atoms with Gasteiger partial charge in [-0.25, -0.2) is 4.79 Å². The second-order valence-electron chi connectivity index (χ2n) is 8.98. The molecule has 3 rings (SSSR count). The number of benzene rings is 1. The smallest absolute Gasteiger partial charge is 0.409 e. The highest BCUT2D eigenvalue weighted by atomic mass is 16.6. The molecule has 1 aromatic rings. The molecule has 1 heterocycles. The van der Waals surface area contributed by atoms with Gasteiger partial charge >= 0.3 is 6.09 Å². The predicted octanol–water partition coefficient (Wildman–Crippen LogP) is 5.20. The molecule has 0 spiro atoms. The van der Waals surface area contributed by atoms with Crippen molar-refractivity contribution in [3.8, 4) is 11.5 Å². The quantitative estimate of drug-likeness (QED) is 0.751. The lowest BCUT2D eigenvalue weighted by Crippen LogP contribution is -2.59. The van der Waals surface area contributed by atoms with E-state index in [1.807, 2.05) is 17.9 Å². The van der Waals surface area contributed by atoms with Crippen molar-refractivity contribution >= 4 is 6.09 Å². The first-order chi connectivity index (χ1) is 13.8. The summed E-state index contributed by atoms with van der Waals surface area (Å²) in [6.45, 7) is 11.6. The first-order valence-electron chi connectivity index (χ1n) is 11.1. The number of carbonyl (C=O) groups is 1. The van der Waals surface area contributed by atoms with E-state index in [0.717, 1.165) is 37.7 Å². The minimum atomic E-state index is -0.214. The number of piperidine rings is 1. The fourth-order valence-corrected chi connectivity index (χ4v) is 6.04. The van der Waals surface area contributed by atoms with Gasteiger partial charge in [-0.15, -0.1) is 0 Å². The van der Waals surface area contributed by atoms with Crippen molar-refractivity contribution in [2.75, 3.05) is 20.3 Å². The number of carbonyl (C=O) groups excluding carboxylic acids is 1. The van der Waals surface area contributed by atoms with Crippen LogP contribution in [0, 0.1) is 18.8 Å². The summed E-state index contributed by atoms with van der Waals surface area (Å²) < 4.78 is 10.9. The summed E-state index contributed by atoms with van der Waals surface area (Å²) in [6.07, 6.45) is 4.73. The predicted molar refractivity (Wildman–Crippen MR) is 115 cm³/mol. The van der Waals surface area contributed by atoms with Gasteiger partial charge < -0.3 is 19.5 Å². The molecule has 0 radical (unpaired) electrons. The number of nitrogens with zero attached hydrogens (tertiary/aromatic N) is 1. The van der Waals surface area contributed by atoms with E-state index in [2.05, 4.69) is 27.7 Å². The van der Waals surface area contributed by atoms with Gasteiger partial charge in [0.25, 0.3) is 0 Å². The van der Waals surface area contributed by atoms with Crippen molar-refractivity contribution < 1.29 is 19.4 Å². The summed E-state index contributed by atoms with van der Waals surface area (Å²) in [7, 11) is 1.62. The number of ether oxygens (including phenoxy) is 2. The summed E-state index contributed by atoms with van der Waals surface area (Å²) in [5.74, 6) is 1.75. The Morgan fingerprint density at radius 3 is 2.66 bits per heavy atom. The molecule has 1 aliphatic heterocycles. The highest BCUT2D eigenvalue weighted by Gasteiger charge is 2.53. The van der Waals surface area contributed by atoms with Gasteiger partial charge in [-0.05, 0) is 81.9 Å². The van der Waals surface area contributed by atoms with E-state index in [-0.39, 0.29) is 23.5 Å². The van der Waals surface area contributed by atoms with Gasteiger partial charge in [0.2, 0.25) is 0 Å². The molecule has 2 aliphatic rings. The fraction of sp³-hybridized carbons (Fsp3) is 0.708. The molecule has 0 bridgehead atoms. The second-order valence-corrected chi connectivity index (χ2v) is 8.98. The number of amides is 1. The van der Waals surface area contributed by atoms with Crippen molar-refractivity contribution in [2.24, 2.45) is 11.8 Å². The minimum Gasteiger partial charge on any atom is -0.504 e. The van der Waals surface area contributed by atoms with Crippen molar-refractivity contribution in [1.29, 1.82) is 0 Å². The van der Waals surface area contributed by atoms with Crippen LogP contribution in [0.3, 0.4) is 0 Å². The van der Waals surface area contributed by atoms with Crippen LogP contribution in [0.5, 0.6) is 11.5 Å². The summed E-state index contributed by atoms with van der Waals surface area (Å²) in [4.78, 5) is 14.5. The number of methoxy groups -OCH3 is 1. The number of fused-ring (bicyclic) bond motifs is 1. The van der Waals surface area contributed by atoms with Crippen molar-refractivity contribution in [2.45, 2.75) is 78.2 Å². The molecule has 0 aromatic heterocycles. The average molecular weight is 404 g/mol. The number of rotatable bonds is 4. The van der Waals surface area contributed by atoms with Crippen molar-refractivity contribution in [1.82, 2.24) is 4.90 Å². The summed E-state index contributed by atoms with van der Waals surface area (Å²) in [5, 5.41) is 11.3. The zero-order chi connectivity index (χ0) is 21.3. The fourth-order valence-electron chi connectivity index (χ4n) is 6.04. The van der Waals surface area contributed by atoms with Crippen LogP contribution in [0.1, 0.15) is 70.1 Å². The largest absolute Gasteiger partial charge is 0.504 e. The number of likely N-dealkylation sites (tertiary alicyclic amines) is 1. The van der Waals surface area contributed by atoms with E-state index < -0.39 is 0 Å². The first kappa shape index (κ1) is 21.8. The van der Waals surface area contributed by atoms with E-state index in [0.29, 0.717) is 30.6 Å². The molecule has 29 heavy (non-hydrogen) atoms. The Bertz CT molecular complexity index is 762. The maximum absolute atomic E-state index is 12.6. The third-order valence-electron chi connectivity index (χ3n) is 7.49. The molecule has 162 valence electrons. The van der Waals surface area contributed by atoms with Gasteiger partial charge in [0.1, 0.15) is 0 Å². The number of aryl methyl sites for hydroxylation is 1. The van der Waals surface area contributed by atoms with Gasteiger partial charge in [0.15, 0.2) is 11.5 Å². The zero-order valence-corrected chi connectivity index (χ0v) is 18.9. The number of phenolic OH excluding ortho intramolecular Hbond substituents is 1. The Morgan fingerprint density at radius 1 is 1.31 bits per heavy atom. The van der Waals surface area contributed by atoms with E-state index in [1.54, 1.807) is 7.11 Å². The lowest BCUT2D eigenvalue weighted by Gasteiger charge is -2.56. The maximum atomic E-state index is 12.6. The van der Waals surface area contributed by atoms with Crippen LogP contribution in [-0.2, 0) is 16.6 Å². The Morgan fingerprint density at radius 2 is 2.03 bits per heavy atom. The highest BCUT2D eigenvalue weighted by molar-refractivity contribution is 5.68. The van der Waals surface area contributed by atoms with Gasteiger partial charge in [0, 0.05) is 23.6 Å². The molecular weight excluding hydrogens is 366 g/mol. The molecular formula is C24H37NO4. The zero-order valence-electron chi connectivity index (χ0n) is 18.9. The van der Waals surface area contributed by atoms with E-state index in [1.165, 1.54) is 11.1 Å². The summed E-state index contributed by atoms with van der Waals surface area (Å²) in [5.41, 5.74) is 3.34. The lowest BCUT2D eigenvalue weighted by molar-refractivity contribution is -0.00743. The molecule has 4 atom stereocenters. The standard InChI is InChI=1S/C24H37NO4/c1-7-18-16(4)14-20(28-6)22(26)21(18)24-10-9-15(3)13-19(24)17(5)25(12-11-24)23(27)29-8-2/h14-15,17,19,26H,7-13H2,1-6H3. The van der Waals surface area contributed by atoms with Crippen LogP contribution < -0.4 is 4.74 Å². The normalized spacial score (nSPS) is 29.3. The van der Waals surface area contributed by atoms with Crippen LogP contribution in [-0.4, -0.2) is 42.4 Å². The van der Waals surface area contributed by atoms with Crippen LogP contribution in [0.25, 0.3) is 0 Å². The monoisotopic (exact) mass is 403 g/mol. The first-order valence-corrected chi connectivity index (χ1v) is 11.1. The van der Waals surface area contributed by atoms with Gasteiger partial charge in [-0.2, -0.15) is 0 Å².